The summed E-state index contributed by atoms with van der Waals surface area (Å²) < 4.78 is 0. The molecule has 0 saturated heterocycles. The van der Waals surface area contributed by atoms with Gasteiger partial charge < -0.3 is 9.68 Å². The molecule has 2 rings (SSSR count). The van der Waals surface area contributed by atoms with Crippen LogP contribution < -0.4 is 0 Å². The van der Waals surface area contributed by atoms with Crippen LogP contribution in [0.5, 0.6) is 0 Å². The summed E-state index contributed by atoms with van der Waals surface area (Å²) >= 11 is 0. The molecule has 0 N–H and O–H groups in total. The van der Waals surface area contributed by atoms with Crippen molar-refractivity contribution in [2.24, 2.45) is 10.3 Å². The highest BCUT2D eigenvalue weighted by molar-refractivity contribution is 4.80. The van der Waals surface area contributed by atoms with Crippen molar-refractivity contribution in [3.8, 4) is 0 Å². The van der Waals surface area contributed by atoms with Crippen LogP contribution in [0.15, 0.2) is 16.2 Å². The Hall–Kier alpha value is -1.26. The summed E-state index contributed by atoms with van der Waals surface area (Å²) in [5.41, 5.74) is 0. The lowest BCUT2D eigenvalue weighted by Gasteiger charge is -1.96. The zero-order valence-electron chi connectivity index (χ0n) is 3.16. The van der Waals surface area contributed by atoms with Crippen molar-refractivity contribution < 1.29 is 9.68 Å². The summed E-state index contributed by atoms with van der Waals surface area (Å²) in [5, 5.41) is 7.60. The summed E-state index contributed by atoms with van der Waals surface area (Å²) in [4.78, 5) is 8.97. The highest BCUT2D eigenvalue weighted by Crippen LogP contribution is 2.20. The first-order valence-corrected chi connectivity index (χ1v) is 1.65. The molecule has 7 heavy (non-hydrogen) atoms. The maximum absolute atomic E-state index is 4.56. The van der Waals surface area contributed by atoms with Gasteiger partial charge in [0.2, 0.25) is 0 Å². The quantitative estimate of drug-likeness (QED) is 0.433. The molecule has 2 aliphatic rings. The Morgan fingerprint density at radius 1 is 1.71 bits per heavy atom. The maximum Gasteiger partial charge on any atom is 0.322 e. The number of fused-ring (bicyclic) bond motifs is 2. The van der Waals surface area contributed by atoms with Gasteiger partial charge in [0.25, 0.3) is 6.26 Å². The summed E-state index contributed by atoms with van der Waals surface area (Å²) in [5.74, 6) is 0.278. The lowest BCUT2D eigenvalue weighted by Crippen LogP contribution is -2.03. The van der Waals surface area contributed by atoms with Gasteiger partial charge in [-0.25, -0.2) is 0 Å². The van der Waals surface area contributed by atoms with Crippen LogP contribution in [-0.2, 0) is 9.68 Å². The van der Waals surface area contributed by atoms with Crippen molar-refractivity contribution in [2.75, 3.05) is 0 Å². The molecule has 0 aliphatic carbocycles. The van der Waals surface area contributed by atoms with Gasteiger partial charge in [-0.1, -0.05) is 5.11 Å². The Morgan fingerprint density at radius 2 is 2.71 bits per heavy atom. The van der Waals surface area contributed by atoms with Crippen molar-refractivity contribution in [1.29, 1.82) is 0 Å². The molecule has 0 spiro atoms. The molecule has 0 unspecified atom stereocenters. The van der Waals surface area contributed by atoms with Gasteiger partial charge in [-0.05, 0) is 0 Å². The van der Waals surface area contributed by atoms with Crippen molar-refractivity contribution in [1.82, 2.24) is 5.34 Å². The van der Waals surface area contributed by atoms with E-state index < -0.39 is 0 Å². The molecule has 2 heterocycles. The standard InChI is InChI=1S/C2N3O2/c1-2-3-4-5(6-1)7-2. The predicted octanol–water partition coefficient (Wildman–Crippen LogP) is 0.148. The molecular weight excluding hydrogens is 98.0 g/mol. The largest absolute Gasteiger partial charge is 0.322 e. The van der Waals surface area contributed by atoms with E-state index in [1.165, 1.54) is 0 Å². The van der Waals surface area contributed by atoms with Crippen molar-refractivity contribution in [3.63, 3.8) is 0 Å². The Kier molecular flexibility index (Phi) is 0.283. The third-order valence-corrected chi connectivity index (χ3v) is 0.584. The molecule has 1 radical (unpaired) electrons. The second kappa shape index (κ2) is 0.699. The topological polar surface area (TPSA) is 46.4 Å². The third kappa shape index (κ3) is 0.219. The van der Waals surface area contributed by atoms with E-state index >= 15 is 0 Å². The average molecular weight is 98.0 g/mol. The second-order valence-corrected chi connectivity index (χ2v) is 1.02. The summed E-state index contributed by atoms with van der Waals surface area (Å²) in [6, 6.07) is 0. The van der Waals surface area contributed by atoms with Gasteiger partial charge in [-0.2, -0.15) is 0 Å². The molecular formula is C2N3O2. The fourth-order valence-corrected chi connectivity index (χ4v) is 0.342. The fourth-order valence-electron chi connectivity index (χ4n) is 0.342. The van der Waals surface area contributed by atoms with Crippen LogP contribution in [0.4, 0.5) is 0 Å². The maximum atomic E-state index is 4.56. The lowest BCUT2D eigenvalue weighted by molar-refractivity contribution is -0.284. The minimum Gasteiger partial charge on any atom is -0.318 e. The highest BCUT2D eigenvalue weighted by atomic mass is 17.0. The molecule has 5 nitrogen and oxygen atoms in total. The molecule has 0 saturated carbocycles. The number of nitrogens with zero attached hydrogens (tertiary/aromatic N) is 3. The second-order valence-electron chi connectivity index (χ2n) is 1.02. The molecule has 2 aliphatic heterocycles. The molecule has 0 aromatic rings. The number of rotatable bonds is 0. The van der Waals surface area contributed by atoms with Gasteiger partial charge in [0.15, 0.2) is 0 Å². The van der Waals surface area contributed by atoms with Gasteiger partial charge in [0.1, 0.15) is 0 Å². The Bertz CT molecular complexity index is 151. The summed E-state index contributed by atoms with van der Waals surface area (Å²) in [6.07, 6.45) is 2.32. The lowest BCUT2D eigenvalue weighted by atomic mass is 10.9. The highest BCUT2D eigenvalue weighted by Gasteiger charge is 2.23. The first-order valence-electron chi connectivity index (χ1n) is 1.65. The van der Waals surface area contributed by atoms with E-state index in [1.807, 2.05) is 0 Å². The van der Waals surface area contributed by atoms with E-state index in [0.29, 0.717) is 0 Å². The summed E-state index contributed by atoms with van der Waals surface area (Å²) in [7, 11) is 0. The zero-order chi connectivity index (χ0) is 4.69. The SMILES string of the molecule is [C]1=C2N=NN(O1)O2. The Balaban J connectivity index is 2.45. The van der Waals surface area contributed by atoms with Crippen LogP contribution in [0.3, 0.4) is 0 Å². The first-order chi connectivity index (χ1) is 3.45. The third-order valence-electron chi connectivity index (χ3n) is 0.584. The van der Waals surface area contributed by atoms with Crippen LogP contribution in [0.2, 0.25) is 0 Å². The average Bonchev–Trinajstić information content (AvgIpc) is 2.22. The smallest absolute Gasteiger partial charge is 0.318 e. The predicted molar refractivity (Wildman–Crippen MR) is 15.6 cm³/mol. The number of hydrogen-bond donors (Lipinski definition) is 0. The van der Waals surface area contributed by atoms with E-state index in [0.717, 1.165) is 5.34 Å². The minimum atomic E-state index is 0.278. The van der Waals surface area contributed by atoms with E-state index in [1.54, 1.807) is 0 Å². The molecule has 0 aromatic carbocycles. The molecule has 35 valence electrons. The van der Waals surface area contributed by atoms with E-state index in [2.05, 4.69) is 26.3 Å². The first kappa shape index (κ1) is 2.84. The van der Waals surface area contributed by atoms with Crippen molar-refractivity contribution >= 4 is 0 Å². The normalized spacial score (nSPS) is 21.7. The summed E-state index contributed by atoms with van der Waals surface area (Å²) in [6.45, 7) is 0. The molecule has 5 heteroatoms. The van der Waals surface area contributed by atoms with Crippen LogP contribution in [0, 0.1) is 6.26 Å². The fraction of sp³-hybridized carbons (Fsp3) is 0. The van der Waals surface area contributed by atoms with Gasteiger partial charge >= 0.3 is 5.88 Å². The van der Waals surface area contributed by atoms with Crippen molar-refractivity contribution in [3.05, 3.63) is 12.1 Å². The molecule has 0 atom stereocenters. The van der Waals surface area contributed by atoms with Crippen molar-refractivity contribution in [2.45, 2.75) is 0 Å². The minimum absolute atomic E-state index is 0.278. The Morgan fingerprint density at radius 3 is 2.86 bits per heavy atom. The van der Waals surface area contributed by atoms with Gasteiger partial charge in [-0.3, -0.25) is 0 Å². The van der Waals surface area contributed by atoms with Gasteiger partial charge in [0.05, 0.1) is 5.34 Å². The number of hydrogen-bond acceptors (Lipinski definition) is 5. The van der Waals surface area contributed by atoms with Gasteiger partial charge in [-0.15, -0.1) is 0 Å². The Labute approximate surface area is 38.7 Å². The van der Waals surface area contributed by atoms with Gasteiger partial charge in [0, 0.05) is 5.22 Å². The monoisotopic (exact) mass is 98.0 g/mol. The molecule has 0 aromatic heterocycles. The zero-order valence-corrected chi connectivity index (χ0v) is 3.16. The van der Waals surface area contributed by atoms with Crippen LogP contribution in [0.1, 0.15) is 0 Å². The van der Waals surface area contributed by atoms with E-state index in [4.69, 9.17) is 0 Å². The van der Waals surface area contributed by atoms with Crippen LogP contribution >= 0.6 is 0 Å². The molecule has 0 amide bonds. The van der Waals surface area contributed by atoms with Crippen LogP contribution in [0.25, 0.3) is 0 Å². The van der Waals surface area contributed by atoms with E-state index in [9.17, 15) is 0 Å². The molecule has 2 bridgehead atoms. The van der Waals surface area contributed by atoms with E-state index in [-0.39, 0.29) is 5.88 Å². The molecule has 0 fully saturated rings. The van der Waals surface area contributed by atoms with Crippen LogP contribution in [-0.4, -0.2) is 5.34 Å².